The van der Waals surface area contributed by atoms with Crippen molar-refractivity contribution in [3.63, 3.8) is 0 Å². The summed E-state index contributed by atoms with van der Waals surface area (Å²) in [7, 11) is 0. The predicted octanol–water partition coefficient (Wildman–Crippen LogP) is 2.48. The molecular weight excluding hydrogens is 420 g/mol. The summed E-state index contributed by atoms with van der Waals surface area (Å²) in [6.45, 7) is 4.85. The van der Waals surface area contributed by atoms with Crippen molar-refractivity contribution in [2.75, 3.05) is 50.8 Å². The van der Waals surface area contributed by atoms with Crippen molar-refractivity contribution < 1.29 is 14.3 Å². The summed E-state index contributed by atoms with van der Waals surface area (Å²) >= 11 is 0. The molecule has 3 fully saturated rings. The lowest BCUT2D eigenvalue weighted by Gasteiger charge is -2.37. The molecule has 0 aromatic carbocycles. The summed E-state index contributed by atoms with van der Waals surface area (Å²) < 4.78 is 12.4. The van der Waals surface area contributed by atoms with E-state index in [2.05, 4.69) is 33.5 Å². The van der Waals surface area contributed by atoms with E-state index in [1.54, 1.807) is 4.90 Å². The second kappa shape index (κ2) is 8.64. The summed E-state index contributed by atoms with van der Waals surface area (Å²) in [6.07, 6.45) is 7.90. The van der Waals surface area contributed by atoms with Crippen LogP contribution in [0, 0.1) is 0 Å². The average molecular weight is 449 g/mol. The van der Waals surface area contributed by atoms with E-state index in [0.29, 0.717) is 32.3 Å². The molecule has 9 heteroatoms. The quantitative estimate of drug-likeness (QED) is 0.656. The molecule has 3 aromatic rings. The van der Waals surface area contributed by atoms with E-state index in [-0.39, 0.29) is 12.2 Å². The smallest absolute Gasteiger partial charge is 0.410 e. The van der Waals surface area contributed by atoms with Gasteiger partial charge in [-0.05, 0) is 43.1 Å². The van der Waals surface area contributed by atoms with Crippen LogP contribution >= 0.6 is 0 Å². The van der Waals surface area contributed by atoms with Gasteiger partial charge in [0, 0.05) is 56.4 Å². The number of rotatable bonds is 4. The minimum absolute atomic E-state index is 0.0911. The average Bonchev–Trinajstić information content (AvgIpc) is 3.51. The summed E-state index contributed by atoms with van der Waals surface area (Å²) in [5, 5.41) is 8.04. The van der Waals surface area contributed by atoms with Gasteiger partial charge in [0.05, 0.1) is 30.1 Å². The maximum Gasteiger partial charge on any atom is 0.410 e. The zero-order chi connectivity index (χ0) is 22.2. The lowest BCUT2D eigenvalue weighted by atomic mass is 10.1. The van der Waals surface area contributed by atoms with Crippen molar-refractivity contribution in [1.82, 2.24) is 24.8 Å². The maximum atomic E-state index is 12.3. The van der Waals surface area contributed by atoms with Gasteiger partial charge in [0.2, 0.25) is 0 Å². The molecule has 3 aromatic heterocycles. The van der Waals surface area contributed by atoms with E-state index >= 15 is 0 Å². The Morgan fingerprint density at radius 1 is 1.15 bits per heavy atom. The number of pyridine rings is 1. The highest BCUT2D eigenvalue weighted by atomic mass is 16.6. The van der Waals surface area contributed by atoms with Gasteiger partial charge >= 0.3 is 6.09 Å². The molecule has 0 spiro atoms. The van der Waals surface area contributed by atoms with Crippen molar-refractivity contribution >= 4 is 17.3 Å². The Bertz CT molecular complexity index is 1130. The topological polar surface area (TPSA) is 84.2 Å². The van der Waals surface area contributed by atoms with Gasteiger partial charge in [-0.1, -0.05) is 6.07 Å². The number of fused-ring (bicyclic) bond motifs is 1. The van der Waals surface area contributed by atoms with Gasteiger partial charge in [0.15, 0.2) is 6.10 Å². The van der Waals surface area contributed by atoms with Crippen LogP contribution in [0.2, 0.25) is 0 Å². The number of anilines is 1. The van der Waals surface area contributed by atoms with E-state index < -0.39 is 0 Å². The molecule has 0 unspecified atom stereocenters. The molecule has 1 atom stereocenters. The van der Waals surface area contributed by atoms with Crippen molar-refractivity contribution in [3.05, 3.63) is 48.4 Å². The molecule has 3 aliphatic rings. The highest BCUT2D eigenvalue weighted by molar-refractivity contribution is 5.79. The van der Waals surface area contributed by atoms with Crippen LogP contribution in [0.4, 0.5) is 10.5 Å². The van der Waals surface area contributed by atoms with Gasteiger partial charge in [0.25, 0.3) is 0 Å². The van der Waals surface area contributed by atoms with Crippen LogP contribution in [-0.4, -0.2) is 77.6 Å². The van der Waals surface area contributed by atoms with Crippen molar-refractivity contribution in [2.24, 2.45) is 0 Å². The largest absolute Gasteiger partial charge is 0.441 e. The van der Waals surface area contributed by atoms with Gasteiger partial charge in [-0.25, -0.2) is 9.31 Å². The Balaban J connectivity index is 1.17. The normalized spacial score (nSPS) is 21.4. The first-order valence-electron chi connectivity index (χ1n) is 11.7. The molecule has 9 nitrogen and oxygen atoms in total. The van der Waals surface area contributed by atoms with Crippen LogP contribution in [0.25, 0.3) is 16.8 Å². The number of hydrogen-bond acceptors (Lipinski definition) is 7. The molecule has 1 amide bonds. The number of carbonyl (C=O) groups excluding carboxylic acids is 1. The monoisotopic (exact) mass is 448 g/mol. The standard InChI is InChI=1S/C24H28N6O3/c31-24(33-19-15-32-16-19)29-10-8-28(9-11-29)22-5-7-27-30-14-18(12-23(22)30)21-4-3-17(13-26-21)20-2-1-6-25-20/h3-5,7,12-14,19-20,25H,1-2,6,8-11,15-16H2/t20-/m1/s1. The van der Waals surface area contributed by atoms with E-state index in [1.165, 1.54) is 18.4 Å². The van der Waals surface area contributed by atoms with Crippen LogP contribution in [0.15, 0.2) is 42.9 Å². The Morgan fingerprint density at radius 2 is 2.03 bits per heavy atom. The van der Waals surface area contributed by atoms with Gasteiger partial charge in [-0.2, -0.15) is 5.10 Å². The molecule has 33 heavy (non-hydrogen) atoms. The molecule has 0 bridgehead atoms. The van der Waals surface area contributed by atoms with Gasteiger partial charge in [0.1, 0.15) is 0 Å². The molecule has 1 N–H and O–H groups in total. The molecule has 172 valence electrons. The van der Waals surface area contributed by atoms with E-state index in [0.717, 1.165) is 42.1 Å². The predicted molar refractivity (Wildman–Crippen MR) is 123 cm³/mol. The first-order chi connectivity index (χ1) is 16.2. The third kappa shape index (κ3) is 4.02. The second-order valence-corrected chi connectivity index (χ2v) is 8.92. The molecule has 3 aliphatic heterocycles. The van der Waals surface area contributed by atoms with E-state index in [1.807, 2.05) is 29.2 Å². The molecule has 0 saturated carbocycles. The number of nitrogens with one attached hydrogen (secondary N) is 1. The number of ether oxygens (including phenoxy) is 2. The third-order valence-electron chi connectivity index (χ3n) is 6.78. The lowest BCUT2D eigenvalue weighted by molar-refractivity contribution is -0.104. The second-order valence-electron chi connectivity index (χ2n) is 8.92. The van der Waals surface area contributed by atoms with Gasteiger partial charge in [-0.15, -0.1) is 0 Å². The Labute approximate surface area is 192 Å². The van der Waals surface area contributed by atoms with Crippen LogP contribution in [0.3, 0.4) is 0 Å². The Hall–Kier alpha value is -3.17. The summed E-state index contributed by atoms with van der Waals surface area (Å²) in [5.74, 6) is 0. The molecule has 0 aliphatic carbocycles. The zero-order valence-corrected chi connectivity index (χ0v) is 18.5. The molecule has 6 heterocycles. The van der Waals surface area contributed by atoms with E-state index in [4.69, 9.17) is 14.5 Å². The van der Waals surface area contributed by atoms with Crippen LogP contribution in [0.5, 0.6) is 0 Å². The number of aromatic nitrogens is 3. The first kappa shape index (κ1) is 20.4. The van der Waals surface area contributed by atoms with Crippen molar-refractivity contribution in [2.45, 2.75) is 25.0 Å². The van der Waals surface area contributed by atoms with Crippen molar-refractivity contribution in [3.8, 4) is 11.3 Å². The minimum Gasteiger partial charge on any atom is -0.441 e. The molecule has 6 rings (SSSR count). The SMILES string of the molecule is O=C(OC1COC1)N1CCN(c2ccnn3cc(-c4ccc([C@H]5CCCN5)cn4)cc23)CC1. The highest BCUT2D eigenvalue weighted by Gasteiger charge is 2.28. The van der Waals surface area contributed by atoms with Crippen LogP contribution in [0.1, 0.15) is 24.4 Å². The third-order valence-corrected chi connectivity index (χ3v) is 6.78. The van der Waals surface area contributed by atoms with Gasteiger partial charge < -0.3 is 24.6 Å². The number of hydrogen-bond donors (Lipinski definition) is 1. The van der Waals surface area contributed by atoms with Gasteiger partial charge in [-0.3, -0.25) is 4.98 Å². The first-order valence-corrected chi connectivity index (χ1v) is 11.7. The van der Waals surface area contributed by atoms with Crippen LogP contribution < -0.4 is 10.2 Å². The highest BCUT2D eigenvalue weighted by Crippen LogP contribution is 2.29. The Kier molecular flexibility index (Phi) is 5.35. The van der Waals surface area contributed by atoms with Crippen LogP contribution in [-0.2, 0) is 9.47 Å². The summed E-state index contributed by atoms with van der Waals surface area (Å²) in [6, 6.07) is 8.89. The van der Waals surface area contributed by atoms with E-state index in [9.17, 15) is 4.79 Å². The maximum absolute atomic E-state index is 12.3. The minimum atomic E-state index is -0.241. The Morgan fingerprint density at radius 3 is 2.73 bits per heavy atom. The number of nitrogens with zero attached hydrogens (tertiary/aromatic N) is 5. The number of piperazine rings is 1. The molecule has 0 radical (unpaired) electrons. The molecular formula is C24H28N6O3. The van der Waals surface area contributed by atoms with Crippen molar-refractivity contribution in [1.29, 1.82) is 0 Å². The lowest BCUT2D eigenvalue weighted by Crippen LogP contribution is -2.51. The summed E-state index contributed by atoms with van der Waals surface area (Å²) in [4.78, 5) is 21.1. The zero-order valence-electron chi connectivity index (χ0n) is 18.5. The fourth-order valence-corrected chi connectivity index (χ4v) is 4.79. The molecule has 3 saturated heterocycles. The number of carbonyl (C=O) groups is 1. The fourth-order valence-electron chi connectivity index (χ4n) is 4.79. The summed E-state index contributed by atoms with van der Waals surface area (Å²) in [5.41, 5.74) is 5.40. The fraction of sp³-hybridized carbons (Fsp3) is 0.458. The number of amides is 1.